The number of aliphatic hydroxyl groups excluding tert-OH is 1. The van der Waals surface area contributed by atoms with Gasteiger partial charge in [0.25, 0.3) is 0 Å². The molecule has 0 heterocycles. The van der Waals surface area contributed by atoms with Crippen LogP contribution in [0.2, 0.25) is 0 Å². The Bertz CT molecular complexity index is 75.7. The molecule has 0 bridgehead atoms. The number of nitrogens with zero attached hydrogens (tertiary/aromatic N) is 1. The summed E-state index contributed by atoms with van der Waals surface area (Å²) in [5.41, 5.74) is 0. The lowest BCUT2D eigenvalue weighted by Gasteiger charge is -2.18. The van der Waals surface area contributed by atoms with E-state index < -0.39 is 0 Å². The van der Waals surface area contributed by atoms with E-state index in [0.29, 0.717) is 12.5 Å². The first-order valence-electron chi connectivity index (χ1n) is 4.00. The van der Waals surface area contributed by atoms with E-state index in [1.165, 1.54) is 6.42 Å². The van der Waals surface area contributed by atoms with Crippen LogP contribution in [-0.4, -0.2) is 36.8 Å². The van der Waals surface area contributed by atoms with Crippen LogP contribution in [-0.2, 0) is 0 Å². The van der Waals surface area contributed by atoms with Crippen LogP contribution in [0.4, 0.5) is 0 Å². The number of aliphatic hydroxyl groups is 1. The van der Waals surface area contributed by atoms with Gasteiger partial charge < -0.3 is 10.0 Å². The third-order valence-electron chi connectivity index (χ3n) is 1.54. The van der Waals surface area contributed by atoms with Crippen molar-refractivity contribution in [1.29, 1.82) is 0 Å². The molecule has 1 unspecified atom stereocenters. The van der Waals surface area contributed by atoms with Gasteiger partial charge in [-0.15, -0.1) is 0 Å². The highest BCUT2D eigenvalue weighted by atomic mass is 16.3. The summed E-state index contributed by atoms with van der Waals surface area (Å²) in [7, 11) is 2.09. The Labute approximate surface area is 63.8 Å². The monoisotopic (exact) mass is 145 g/mol. The highest BCUT2D eigenvalue weighted by Crippen LogP contribution is 1.96. The van der Waals surface area contributed by atoms with Crippen molar-refractivity contribution in [2.24, 2.45) is 5.92 Å². The van der Waals surface area contributed by atoms with Crippen LogP contribution < -0.4 is 0 Å². The molecule has 0 saturated heterocycles. The minimum absolute atomic E-state index is 0.300. The van der Waals surface area contributed by atoms with Crippen LogP contribution >= 0.6 is 0 Å². The van der Waals surface area contributed by atoms with Gasteiger partial charge >= 0.3 is 0 Å². The standard InChI is InChI=1S/C8H19NO/c1-4-5-9(3)6-8(2)7-10/h8,10H,4-7H2,1-3H3. The quantitative estimate of drug-likeness (QED) is 0.623. The normalized spacial score (nSPS) is 14.1. The fourth-order valence-corrected chi connectivity index (χ4v) is 1.06. The minimum Gasteiger partial charge on any atom is -0.396 e. The summed E-state index contributed by atoms with van der Waals surface area (Å²) in [6.07, 6.45) is 1.19. The van der Waals surface area contributed by atoms with Crippen LogP contribution in [0, 0.1) is 5.92 Å². The molecule has 0 fully saturated rings. The summed E-state index contributed by atoms with van der Waals surface area (Å²) in [5, 5.41) is 8.73. The van der Waals surface area contributed by atoms with Gasteiger partial charge in [-0.05, 0) is 25.9 Å². The predicted molar refractivity (Wildman–Crippen MR) is 44.0 cm³/mol. The molecule has 62 valence electrons. The zero-order chi connectivity index (χ0) is 7.98. The fourth-order valence-electron chi connectivity index (χ4n) is 1.06. The smallest absolute Gasteiger partial charge is 0.0468 e. The number of hydrogen-bond donors (Lipinski definition) is 1. The molecule has 0 aromatic carbocycles. The first-order chi connectivity index (χ1) is 4.70. The van der Waals surface area contributed by atoms with Crippen molar-refractivity contribution in [3.63, 3.8) is 0 Å². The fraction of sp³-hybridized carbons (Fsp3) is 1.00. The molecule has 2 nitrogen and oxygen atoms in total. The lowest BCUT2D eigenvalue weighted by molar-refractivity contribution is 0.191. The molecule has 0 aliphatic heterocycles. The van der Waals surface area contributed by atoms with E-state index >= 15 is 0 Å². The highest BCUT2D eigenvalue weighted by molar-refractivity contribution is 4.56. The molecule has 0 amide bonds. The highest BCUT2D eigenvalue weighted by Gasteiger charge is 2.02. The molecule has 0 aliphatic carbocycles. The van der Waals surface area contributed by atoms with Gasteiger partial charge in [-0.3, -0.25) is 0 Å². The van der Waals surface area contributed by atoms with Crippen molar-refractivity contribution in [3.8, 4) is 0 Å². The largest absolute Gasteiger partial charge is 0.396 e. The van der Waals surface area contributed by atoms with Crippen molar-refractivity contribution in [2.75, 3.05) is 26.7 Å². The Hall–Kier alpha value is -0.0800. The topological polar surface area (TPSA) is 23.5 Å². The molecule has 1 N–H and O–H groups in total. The molecular weight excluding hydrogens is 126 g/mol. The van der Waals surface area contributed by atoms with E-state index in [-0.39, 0.29) is 0 Å². The molecule has 1 atom stereocenters. The van der Waals surface area contributed by atoms with Gasteiger partial charge in [0, 0.05) is 13.2 Å². The maximum absolute atomic E-state index is 8.73. The summed E-state index contributed by atoms with van der Waals surface area (Å²) >= 11 is 0. The lowest BCUT2D eigenvalue weighted by atomic mass is 10.2. The van der Waals surface area contributed by atoms with E-state index in [4.69, 9.17) is 5.11 Å². The van der Waals surface area contributed by atoms with E-state index in [2.05, 4.69) is 25.8 Å². The number of rotatable bonds is 5. The van der Waals surface area contributed by atoms with Gasteiger partial charge in [-0.1, -0.05) is 13.8 Å². The second-order valence-corrected chi connectivity index (χ2v) is 3.05. The molecule has 0 rings (SSSR count). The molecule has 10 heavy (non-hydrogen) atoms. The van der Waals surface area contributed by atoms with Crippen molar-refractivity contribution >= 4 is 0 Å². The Morgan fingerprint density at radius 2 is 2.10 bits per heavy atom. The van der Waals surface area contributed by atoms with Crippen molar-refractivity contribution < 1.29 is 5.11 Å². The first kappa shape index (κ1) is 9.92. The molecule has 0 aromatic rings. The first-order valence-corrected chi connectivity index (χ1v) is 4.00. The average Bonchev–Trinajstić information content (AvgIpc) is 1.88. The van der Waals surface area contributed by atoms with Gasteiger partial charge in [-0.2, -0.15) is 0 Å². The number of hydrogen-bond acceptors (Lipinski definition) is 2. The SMILES string of the molecule is CCCN(C)CC(C)CO. The zero-order valence-electron chi connectivity index (χ0n) is 7.30. The molecule has 0 spiro atoms. The molecular formula is C8H19NO. The van der Waals surface area contributed by atoms with Crippen LogP contribution in [0.25, 0.3) is 0 Å². The van der Waals surface area contributed by atoms with Gasteiger partial charge in [0.1, 0.15) is 0 Å². The average molecular weight is 145 g/mol. The van der Waals surface area contributed by atoms with Crippen LogP contribution in [0.15, 0.2) is 0 Å². The molecule has 0 radical (unpaired) electrons. The van der Waals surface area contributed by atoms with Crippen LogP contribution in [0.3, 0.4) is 0 Å². The molecule has 2 heteroatoms. The van der Waals surface area contributed by atoms with E-state index in [9.17, 15) is 0 Å². The summed E-state index contributed by atoms with van der Waals surface area (Å²) in [5.74, 6) is 0.413. The maximum Gasteiger partial charge on any atom is 0.0468 e. The summed E-state index contributed by atoms with van der Waals surface area (Å²) in [6, 6.07) is 0. The van der Waals surface area contributed by atoms with Gasteiger partial charge in [0.15, 0.2) is 0 Å². The minimum atomic E-state index is 0.300. The van der Waals surface area contributed by atoms with Gasteiger partial charge in [0.05, 0.1) is 0 Å². The lowest BCUT2D eigenvalue weighted by Crippen LogP contribution is -2.26. The van der Waals surface area contributed by atoms with Crippen molar-refractivity contribution in [2.45, 2.75) is 20.3 Å². The summed E-state index contributed by atoms with van der Waals surface area (Å²) in [6.45, 7) is 6.66. The van der Waals surface area contributed by atoms with Crippen molar-refractivity contribution in [1.82, 2.24) is 4.90 Å². The van der Waals surface area contributed by atoms with E-state index in [0.717, 1.165) is 13.1 Å². The zero-order valence-corrected chi connectivity index (χ0v) is 7.30. The Morgan fingerprint density at radius 3 is 2.50 bits per heavy atom. The van der Waals surface area contributed by atoms with Crippen LogP contribution in [0.5, 0.6) is 0 Å². The Kier molecular flexibility index (Phi) is 5.64. The van der Waals surface area contributed by atoms with Crippen molar-refractivity contribution in [3.05, 3.63) is 0 Å². The molecule has 0 aliphatic rings. The molecule has 0 aromatic heterocycles. The summed E-state index contributed by atoms with van der Waals surface area (Å²) in [4.78, 5) is 2.25. The van der Waals surface area contributed by atoms with E-state index in [1.807, 2.05) is 0 Å². The second kappa shape index (κ2) is 5.69. The third-order valence-corrected chi connectivity index (χ3v) is 1.54. The molecule has 0 saturated carbocycles. The van der Waals surface area contributed by atoms with Crippen LogP contribution in [0.1, 0.15) is 20.3 Å². The summed E-state index contributed by atoms with van der Waals surface area (Å²) < 4.78 is 0. The van der Waals surface area contributed by atoms with Gasteiger partial charge in [-0.25, -0.2) is 0 Å². The maximum atomic E-state index is 8.73. The third kappa shape index (κ3) is 4.77. The van der Waals surface area contributed by atoms with E-state index in [1.54, 1.807) is 0 Å². The second-order valence-electron chi connectivity index (χ2n) is 3.05. The van der Waals surface area contributed by atoms with Gasteiger partial charge in [0.2, 0.25) is 0 Å². The Balaban J connectivity index is 3.27. The Morgan fingerprint density at radius 1 is 1.50 bits per heavy atom. The predicted octanol–water partition coefficient (Wildman–Crippen LogP) is 0.957.